The van der Waals surface area contributed by atoms with Gasteiger partial charge in [-0.1, -0.05) is 56.0 Å². The fourth-order valence-corrected chi connectivity index (χ4v) is 5.68. The second kappa shape index (κ2) is 11.9. The molecule has 0 unspecified atom stereocenters. The maximum Gasteiger partial charge on any atom is 0.267 e. The number of amides is 1. The molecule has 3 heterocycles. The van der Waals surface area contributed by atoms with Crippen molar-refractivity contribution in [3.05, 3.63) is 74.5 Å². The number of benzene rings is 1. The van der Waals surface area contributed by atoms with Crippen molar-refractivity contribution >= 4 is 51.7 Å². The normalized spacial score (nSPS) is 14.7. The standard InChI is InChI=1S/C28H32N4O3S2/c1-5-14-30(15-6-2)25-22(26(33)31-16-7-8-19(3)24(31)29-25)18-23-27(34)32(28(36)37-23)17-13-20-9-11-21(35-4)12-10-20/h7-12,16,18H,5-6,13-15,17H2,1-4H3/b23-18-. The molecule has 0 saturated carbocycles. The first-order valence-electron chi connectivity index (χ1n) is 12.5. The van der Waals surface area contributed by atoms with E-state index in [9.17, 15) is 9.59 Å². The number of methoxy groups -OCH3 is 1. The summed E-state index contributed by atoms with van der Waals surface area (Å²) in [5, 5.41) is 0. The highest BCUT2D eigenvalue weighted by Crippen LogP contribution is 2.34. The summed E-state index contributed by atoms with van der Waals surface area (Å²) in [7, 11) is 1.63. The number of rotatable bonds is 10. The minimum Gasteiger partial charge on any atom is -0.497 e. The molecule has 1 amide bonds. The summed E-state index contributed by atoms with van der Waals surface area (Å²) in [6.45, 7) is 8.17. The van der Waals surface area contributed by atoms with E-state index in [1.54, 1.807) is 28.7 Å². The number of hydrogen-bond acceptors (Lipinski definition) is 7. The first-order chi connectivity index (χ1) is 17.9. The van der Waals surface area contributed by atoms with E-state index in [1.165, 1.54) is 11.8 Å². The van der Waals surface area contributed by atoms with Crippen LogP contribution >= 0.6 is 24.0 Å². The number of ether oxygens (including phenoxy) is 1. The highest BCUT2D eigenvalue weighted by Gasteiger charge is 2.32. The van der Waals surface area contributed by atoms with Crippen molar-refractivity contribution in [2.75, 3.05) is 31.6 Å². The van der Waals surface area contributed by atoms with Crippen LogP contribution < -0.4 is 15.2 Å². The monoisotopic (exact) mass is 536 g/mol. The molecule has 9 heteroatoms. The van der Waals surface area contributed by atoms with Crippen molar-refractivity contribution in [1.29, 1.82) is 0 Å². The van der Waals surface area contributed by atoms with Gasteiger partial charge >= 0.3 is 0 Å². The van der Waals surface area contributed by atoms with E-state index in [2.05, 4.69) is 18.7 Å². The summed E-state index contributed by atoms with van der Waals surface area (Å²) >= 11 is 6.79. The van der Waals surface area contributed by atoms with Gasteiger partial charge in [-0.15, -0.1) is 0 Å². The molecule has 0 aliphatic carbocycles. The Balaban J connectivity index is 1.70. The summed E-state index contributed by atoms with van der Waals surface area (Å²) in [5.41, 5.74) is 2.86. The van der Waals surface area contributed by atoms with Crippen LogP contribution in [-0.4, -0.2) is 51.3 Å². The number of thioether (sulfide) groups is 1. The van der Waals surface area contributed by atoms with Crippen LogP contribution in [0.4, 0.5) is 5.82 Å². The highest BCUT2D eigenvalue weighted by molar-refractivity contribution is 8.26. The van der Waals surface area contributed by atoms with E-state index in [0.29, 0.717) is 39.2 Å². The van der Waals surface area contributed by atoms with Crippen molar-refractivity contribution in [2.24, 2.45) is 0 Å². The zero-order valence-corrected chi connectivity index (χ0v) is 23.3. The van der Waals surface area contributed by atoms with Crippen molar-refractivity contribution in [2.45, 2.75) is 40.0 Å². The van der Waals surface area contributed by atoms with Crippen LogP contribution in [-0.2, 0) is 11.2 Å². The molecule has 1 aromatic carbocycles. The van der Waals surface area contributed by atoms with Gasteiger partial charge < -0.3 is 9.64 Å². The van der Waals surface area contributed by atoms with Crippen LogP contribution in [0.1, 0.15) is 43.4 Å². The van der Waals surface area contributed by atoms with Gasteiger partial charge in [-0.2, -0.15) is 0 Å². The second-order valence-corrected chi connectivity index (χ2v) is 10.6. The van der Waals surface area contributed by atoms with Crippen molar-refractivity contribution in [3.63, 3.8) is 0 Å². The van der Waals surface area contributed by atoms with Crippen LogP contribution in [0, 0.1) is 6.92 Å². The van der Waals surface area contributed by atoms with Crippen molar-refractivity contribution < 1.29 is 9.53 Å². The number of nitrogens with zero attached hydrogens (tertiary/aromatic N) is 4. The van der Waals surface area contributed by atoms with Gasteiger partial charge in [0.15, 0.2) is 0 Å². The van der Waals surface area contributed by atoms with Gasteiger partial charge in [0, 0.05) is 25.8 Å². The molecule has 0 bridgehead atoms. The van der Waals surface area contributed by atoms with Crippen molar-refractivity contribution in [3.8, 4) is 5.75 Å². The van der Waals surface area contributed by atoms with E-state index in [4.69, 9.17) is 21.9 Å². The molecule has 1 aliphatic rings. The van der Waals surface area contributed by atoms with Gasteiger partial charge in [0.1, 0.15) is 21.5 Å². The number of thiocarbonyl (C=S) groups is 1. The number of carbonyl (C=O) groups excluding carboxylic acids is 1. The lowest BCUT2D eigenvalue weighted by molar-refractivity contribution is -0.122. The molecule has 4 rings (SSSR count). The van der Waals surface area contributed by atoms with E-state index < -0.39 is 0 Å². The second-order valence-electron chi connectivity index (χ2n) is 8.96. The maximum atomic E-state index is 13.7. The van der Waals surface area contributed by atoms with Gasteiger partial charge in [0.25, 0.3) is 11.5 Å². The van der Waals surface area contributed by atoms with Gasteiger partial charge in [-0.25, -0.2) is 4.98 Å². The summed E-state index contributed by atoms with van der Waals surface area (Å²) < 4.78 is 7.28. The lowest BCUT2D eigenvalue weighted by Crippen LogP contribution is -2.31. The Bertz CT molecular complexity index is 1390. The van der Waals surface area contributed by atoms with Crippen LogP contribution in [0.5, 0.6) is 5.75 Å². The molecule has 1 saturated heterocycles. The maximum absolute atomic E-state index is 13.7. The first kappa shape index (κ1) is 26.9. The number of carbonyl (C=O) groups is 1. The van der Waals surface area contributed by atoms with E-state index >= 15 is 0 Å². The molecule has 3 aromatic rings. The number of aryl methyl sites for hydroxylation is 1. The Morgan fingerprint density at radius 3 is 2.46 bits per heavy atom. The fraction of sp³-hybridized carbons (Fsp3) is 0.357. The lowest BCUT2D eigenvalue weighted by atomic mass is 10.1. The Labute approximate surface area is 227 Å². The summed E-state index contributed by atoms with van der Waals surface area (Å²) in [6.07, 6.45) is 5.91. The zero-order valence-electron chi connectivity index (χ0n) is 21.7. The number of aromatic nitrogens is 2. The zero-order chi connectivity index (χ0) is 26.5. The van der Waals surface area contributed by atoms with Crippen molar-refractivity contribution in [1.82, 2.24) is 14.3 Å². The average molecular weight is 537 g/mol. The Hall–Kier alpha value is -3.17. The Kier molecular flexibility index (Phi) is 8.66. The molecule has 0 atom stereocenters. The number of anilines is 1. The number of pyridine rings is 1. The van der Waals surface area contributed by atoms with E-state index in [0.717, 1.165) is 42.8 Å². The predicted octanol–water partition coefficient (Wildman–Crippen LogP) is 5.08. The third-order valence-electron chi connectivity index (χ3n) is 6.28. The van der Waals surface area contributed by atoms with Crippen LogP contribution in [0.25, 0.3) is 11.7 Å². The Morgan fingerprint density at radius 2 is 1.81 bits per heavy atom. The SMILES string of the molecule is CCCN(CCC)c1nc2c(C)cccn2c(=O)c1/C=C1\SC(=S)N(CCc2ccc(OC)cc2)C1=O. The third-order valence-corrected chi connectivity index (χ3v) is 7.66. The molecular weight excluding hydrogens is 504 g/mol. The smallest absolute Gasteiger partial charge is 0.267 e. The lowest BCUT2D eigenvalue weighted by Gasteiger charge is -2.25. The van der Waals surface area contributed by atoms with Crippen LogP contribution in [0.15, 0.2) is 52.3 Å². The minimum atomic E-state index is -0.190. The molecule has 1 aliphatic heterocycles. The van der Waals surface area contributed by atoms with E-state index in [1.807, 2.05) is 43.3 Å². The van der Waals surface area contributed by atoms with Gasteiger partial charge in [-0.05, 0) is 61.6 Å². The molecule has 7 nitrogen and oxygen atoms in total. The largest absolute Gasteiger partial charge is 0.497 e. The minimum absolute atomic E-state index is 0.180. The topological polar surface area (TPSA) is 67.2 Å². The summed E-state index contributed by atoms with van der Waals surface area (Å²) in [6, 6.07) is 11.6. The molecule has 1 fully saturated rings. The Morgan fingerprint density at radius 1 is 1.11 bits per heavy atom. The predicted molar refractivity (Wildman–Crippen MR) is 156 cm³/mol. The molecule has 0 N–H and O–H groups in total. The number of fused-ring (bicyclic) bond motifs is 1. The third kappa shape index (κ3) is 5.72. The fourth-order valence-electron chi connectivity index (χ4n) is 4.39. The molecule has 0 radical (unpaired) electrons. The summed E-state index contributed by atoms with van der Waals surface area (Å²) in [5.74, 6) is 1.23. The van der Waals surface area contributed by atoms with Gasteiger partial charge in [0.2, 0.25) is 0 Å². The van der Waals surface area contributed by atoms with E-state index in [-0.39, 0.29) is 11.5 Å². The highest BCUT2D eigenvalue weighted by atomic mass is 32.2. The quantitative estimate of drug-likeness (QED) is 0.264. The van der Waals surface area contributed by atoms with Gasteiger partial charge in [-0.3, -0.25) is 18.9 Å². The number of hydrogen-bond donors (Lipinski definition) is 0. The molecular formula is C28H32N4O3S2. The molecule has 2 aromatic heterocycles. The van der Waals surface area contributed by atoms with Crippen LogP contribution in [0.3, 0.4) is 0 Å². The molecule has 37 heavy (non-hydrogen) atoms. The van der Waals surface area contributed by atoms with Crippen LogP contribution in [0.2, 0.25) is 0 Å². The summed E-state index contributed by atoms with van der Waals surface area (Å²) in [4.78, 5) is 36.2. The molecule has 194 valence electrons. The first-order valence-corrected chi connectivity index (χ1v) is 13.8. The molecule has 0 spiro atoms. The van der Waals surface area contributed by atoms with Gasteiger partial charge in [0.05, 0.1) is 17.6 Å². The average Bonchev–Trinajstić information content (AvgIpc) is 3.16.